The van der Waals surface area contributed by atoms with Crippen LogP contribution in [0.4, 0.5) is 0 Å². The molecule has 0 spiro atoms. The summed E-state index contributed by atoms with van der Waals surface area (Å²) in [5.74, 6) is 0.875. The van der Waals surface area contributed by atoms with E-state index in [0.29, 0.717) is 13.1 Å². The maximum atomic E-state index is 10.7. The van der Waals surface area contributed by atoms with Crippen molar-refractivity contribution in [3.05, 3.63) is 41.6 Å². The maximum absolute atomic E-state index is 10.7. The molecule has 0 amide bonds. The molecule has 0 saturated heterocycles. The van der Waals surface area contributed by atoms with Gasteiger partial charge in [0, 0.05) is 30.2 Å². The number of aliphatic hydroxyl groups is 1. The number of benzene rings is 1. The lowest BCUT2D eigenvalue weighted by Gasteiger charge is -2.36. The Hall–Kier alpha value is -1.86. The molecule has 28 heavy (non-hydrogen) atoms. The molecule has 2 aliphatic rings. The molecular formula is C22H31N3O3. The third-order valence-electron chi connectivity index (χ3n) is 6.20. The van der Waals surface area contributed by atoms with Gasteiger partial charge >= 0.3 is 0 Å². The topological polar surface area (TPSA) is 80.8 Å². The van der Waals surface area contributed by atoms with Gasteiger partial charge in [-0.3, -0.25) is 0 Å². The minimum absolute atomic E-state index is 0.215. The zero-order chi connectivity index (χ0) is 20.1. The number of aliphatic hydroxyl groups excluding tert-OH is 1. The van der Waals surface area contributed by atoms with Crippen LogP contribution in [0.5, 0.6) is 5.75 Å². The van der Waals surface area contributed by atoms with Crippen molar-refractivity contribution in [1.82, 2.24) is 15.4 Å². The normalized spacial score (nSPS) is 24.6. The number of H-pyrrole nitrogens is 1. The number of nitrogens with one attached hydrogen (secondary N) is 2. The van der Waals surface area contributed by atoms with E-state index in [1.54, 1.807) is 0 Å². The van der Waals surface area contributed by atoms with Crippen LogP contribution in [0, 0.1) is 0 Å². The maximum Gasteiger partial charge on any atom is 0.126 e. The Kier molecular flexibility index (Phi) is 4.78. The number of rotatable bonds is 5. The first-order valence-corrected chi connectivity index (χ1v) is 10.1. The second-order valence-corrected chi connectivity index (χ2v) is 9.11. The lowest BCUT2D eigenvalue weighted by atomic mass is 9.96. The molecule has 2 atom stereocenters. The highest BCUT2D eigenvalue weighted by atomic mass is 16.5. The van der Waals surface area contributed by atoms with E-state index in [0.717, 1.165) is 35.1 Å². The monoisotopic (exact) mass is 385 g/mol. The highest BCUT2D eigenvalue weighted by molar-refractivity contribution is 5.82. The van der Waals surface area contributed by atoms with Crippen LogP contribution in [0.15, 0.2) is 36.0 Å². The summed E-state index contributed by atoms with van der Waals surface area (Å²) in [6.07, 6.45) is 4.93. The van der Waals surface area contributed by atoms with Crippen molar-refractivity contribution in [1.29, 1.82) is 0 Å². The molecule has 2 aromatic rings. The molecule has 152 valence electrons. The minimum Gasteiger partial charge on any atom is -0.487 e. The van der Waals surface area contributed by atoms with Crippen LogP contribution in [0.1, 0.15) is 39.7 Å². The summed E-state index contributed by atoms with van der Waals surface area (Å²) in [5, 5.41) is 26.9. The average molecular weight is 386 g/mol. The number of hydrogen-bond acceptors (Lipinski definition) is 5. The summed E-state index contributed by atoms with van der Waals surface area (Å²) in [5.41, 5.74) is 2.62. The fourth-order valence-electron chi connectivity index (χ4n) is 4.49. The predicted molar refractivity (Wildman–Crippen MR) is 110 cm³/mol. The predicted octanol–water partition coefficient (Wildman–Crippen LogP) is 3.00. The first kappa shape index (κ1) is 19.5. The number of nitrogens with zero attached hydrogens (tertiary/aromatic N) is 1. The van der Waals surface area contributed by atoms with Gasteiger partial charge < -0.3 is 25.4 Å². The third-order valence-corrected chi connectivity index (χ3v) is 6.20. The molecule has 0 bridgehead atoms. The van der Waals surface area contributed by atoms with E-state index in [4.69, 9.17) is 4.74 Å². The molecule has 6 nitrogen and oxygen atoms in total. The van der Waals surface area contributed by atoms with Crippen molar-refractivity contribution in [2.24, 2.45) is 0 Å². The summed E-state index contributed by atoms with van der Waals surface area (Å²) in [6, 6.07) is 6.23. The largest absolute Gasteiger partial charge is 0.487 e. The van der Waals surface area contributed by atoms with Crippen LogP contribution in [0.3, 0.4) is 0 Å². The minimum atomic E-state index is -0.585. The van der Waals surface area contributed by atoms with Gasteiger partial charge in [-0.1, -0.05) is 6.08 Å². The molecule has 4 N–H and O–H groups in total. The van der Waals surface area contributed by atoms with Gasteiger partial charge in [0.05, 0.1) is 11.1 Å². The van der Waals surface area contributed by atoms with E-state index in [1.807, 2.05) is 40.0 Å². The van der Waals surface area contributed by atoms with Crippen molar-refractivity contribution < 1.29 is 15.1 Å². The van der Waals surface area contributed by atoms with Crippen molar-refractivity contribution in [2.45, 2.75) is 63.8 Å². The van der Waals surface area contributed by atoms with Crippen molar-refractivity contribution in [3.63, 3.8) is 0 Å². The number of fused-ring (bicyclic) bond motifs is 2. The van der Waals surface area contributed by atoms with Crippen LogP contribution in [0.2, 0.25) is 0 Å². The van der Waals surface area contributed by atoms with E-state index >= 15 is 0 Å². The van der Waals surface area contributed by atoms with Gasteiger partial charge in [-0.25, -0.2) is 0 Å². The lowest BCUT2D eigenvalue weighted by molar-refractivity contribution is -0.185. The van der Waals surface area contributed by atoms with Crippen molar-refractivity contribution in [3.8, 4) is 5.75 Å². The average Bonchev–Trinajstić information content (AvgIpc) is 3.16. The number of aromatic amines is 1. The van der Waals surface area contributed by atoms with E-state index < -0.39 is 11.6 Å². The molecule has 4 rings (SSSR count). The number of aromatic nitrogens is 1. The molecule has 0 fully saturated rings. The molecule has 1 aromatic carbocycles. The summed E-state index contributed by atoms with van der Waals surface area (Å²) in [6.45, 7) is 9.07. The number of aryl methyl sites for hydroxylation is 1. The van der Waals surface area contributed by atoms with Gasteiger partial charge in [-0.15, -0.1) is 0 Å². The Balaban J connectivity index is 1.35. The van der Waals surface area contributed by atoms with Crippen LogP contribution in [-0.4, -0.2) is 56.7 Å². The van der Waals surface area contributed by atoms with Gasteiger partial charge in [-0.05, 0) is 69.9 Å². The van der Waals surface area contributed by atoms with Crippen LogP contribution >= 0.6 is 0 Å². The Labute approximate surface area is 166 Å². The molecule has 1 aromatic heterocycles. The first-order valence-electron chi connectivity index (χ1n) is 10.1. The van der Waals surface area contributed by atoms with E-state index in [-0.39, 0.29) is 11.6 Å². The summed E-state index contributed by atoms with van der Waals surface area (Å²) < 4.78 is 6.12. The van der Waals surface area contributed by atoms with Gasteiger partial charge in [0.25, 0.3) is 0 Å². The summed E-state index contributed by atoms with van der Waals surface area (Å²) in [7, 11) is 0. The molecule has 2 unspecified atom stereocenters. The number of ether oxygens (including phenoxy) is 1. The summed E-state index contributed by atoms with van der Waals surface area (Å²) >= 11 is 0. The van der Waals surface area contributed by atoms with Gasteiger partial charge in [0.2, 0.25) is 0 Å². The standard InChI is InChI=1S/C22H31N3O3/c1-21(2)11-16(22(3,4)25(21)27)12-23-13-18(26)19-6-5-15-9-17-14(7-8-24-17)10-20(15)28-19/h7-11,18-19,23-24,26-27H,5-6,12-13H2,1-4H3. The molecule has 0 aliphatic carbocycles. The Morgan fingerprint density at radius 3 is 2.82 bits per heavy atom. The lowest BCUT2D eigenvalue weighted by Crippen LogP contribution is -2.49. The van der Waals surface area contributed by atoms with Crippen LogP contribution < -0.4 is 10.1 Å². The molecule has 3 heterocycles. The fraction of sp³-hybridized carbons (Fsp3) is 0.545. The fourth-order valence-corrected chi connectivity index (χ4v) is 4.49. The van der Waals surface area contributed by atoms with Crippen LogP contribution in [-0.2, 0) is 6.42 Å². The molecule has 2 aliphatic heterocycles. The highest BCUT2D eigenvalue weighted by Crippen LogP contribution is 2.38. The van der Waals surface area contributed by atoms with Gasteiger partial charge in [-0.2, -0.15) is 5.06 Å². The third kappa shape index (κ3) is 3.35. The van der Waals surface area contributed by atoms with E-state index in [9.17, 15) is 10.3 Å². The van der Waals surface area contributed by atoms with Gasteiger partial charge in [0.1, 0.15) is 18.0 Å². The molecular weight excluding hydrogens is 354 g/mol. The van der Waals surface area contributed by atoms with Crippen molar-refractivity contribution in [2.75, 3.05) is 13.1 Å². The van der Waals surface area contributed by atoms with E-state index in [2.05, 4.69) is 28.5 Å². The van der Waals surface area contributed by atoms with E-state index in [1.165, 1.54) is 10.6 Å². The Morgan fingerprint density at radius 1 is 1.32 bits per heavy atom. The Bertz CT molecular complexity index is 900. The molecule has 6 heteroatoms. The Morgan fingerprint density at radius 2 is 2.11 bits per heavy atom. The molecule has 0 saturated carbocycles. The second kappa shape index (κ2) is 6.88. The van der Waals surface area contributed by atoms with Crippen LogP contribution in [0.25, 0.3) is 10.9 Å². The second-order valence-electron chi connectivity index (χ2n) is 9.11. The zero-order valence-electron chi connectivity index (χ0n) is 17.1. The zero-order valence-corrected chi connectivity index (χ0v) is 17.1. The number of hydroxylamine groups is 2. The number of hydrogen-bond donors (Lipinski definition) is 4. The molecule has 0 radical (unpaired) electrons. The highest BCUT2D eigenvalue weighted by Gasteiger charge is 2.44. The SMILES string of the molecule is CC1(C)C=C(CNCC(O)C2CCc3cc4[nH]ccc4cc3O2)C(C)(C)N1O. The quantitative estimate of drug-likeness (QED) is 0.595. The smallest absolute Gasteiger partial charge is 0.126 e. The first-order chi connectivity index (χ1) is 13.2. The van der Waals surface area contributed by atoms with Crippen molar-refractivity contribution >= 4 is 10.9 Å². The van der Waals surface area contributed by atoms with Gasteiger partial charge in [0.15, 0.2) is 0 Å². The summed E-state index contributed by atoms with van der Waals surface area (Å²) in [4.78, 5) is 3.23.